The van der Waals surface area contributed by atoms with Crippen LogP contribution in [0.25, 0.3) is 0 Å². The number of rotatable bonds is 7. The van der Waals surface area contributed by atoms with E-state index in [0.29, 0.717) is 12.5 Å². The van der Waals surface area contributed by atoms with E-state index in [9.17, 15) is 4.79 Å². The summed E-state index contributed by atoms with van der Waals surface area (Å²) in [5.74, 6) is 3.78. The highest BCUT2D eigenvalue weighted by molar-refractivity contribution is 5.91. The molecular formula is C36H51ClN2O5. The topological polar surface area (TPSA) is 78.4 Å². The third kappa shape index (κ3) is 8.71. The Morgan fingerprint density at radius 3 is 2.16 bits per heavy atom. The summed E-state index contributed by atoms with van der Waals surface area (Å²) in [6, 6.07) is 8.68. The molecule has 1 unspecified atom stereocenters. The quantitative estimate of drug-likeness (QED) is 0.319. The fraction of sp³-hybridized carbons (Fsp3) is 0.556. The predicted molar refractivity (Wildman–Crippen MR) is 180 cm³/mol. The number of aryl methyl sites for hydroxylation is 2. The van der Waals surface area contributed by atoms with E-state index in [0.717, 1.165) is 67.9 Å². The van der Waals surface area contributed by atoms with Crippen LogP contribution in [0.15, 0.2) is 40.6 Å². The zero-order valence-corrected chi connectivity index (χ0v) is 28.7. The van der Waals surface area contributed by atoms with E-state index in [-0.39, 0.29) is 18.5 Å². The highest BCUT2D eigenvalue weighted by Gasteiger charge is 2.29. The number of aliphatic imine (C=N–C) groups is 1. The summed E-state index contributed by atoms with van der Waals surface area (Å²) in [6.07, 6.45) is 7.67. The molecular weight excluding hydrogens is 576 g/mol. The number of hydrogen-bond acceptors (Lipinski definition) is 6. The number of carbonyl (C=O) groups is 1. The molecule has 242 valence electrons. The Labute approximate surface area is 270 Å². The van der Waals surface area contributed by atoms with Gasteiger partial charge in [-0.05, 0) is 100 Å². The number of methoxy groups -OCH3 is 3. The normalized spacial score (nSPS) is 16.9. The molecule has 0 spiro atoms. The molecule has 1 aliphatic heterocycles. The van der Waals surface area contributed by atoms with Gasteiger partial charge >= 0.3 is 6.09 Å². The zero-order chi connectivity index (χ0) is 31.1. The van der Waals surface area contributed by atoms with Crippen molar-refractivity contribution in [1.82, 2.24) is 5.32 Å². The Hall–Kier alpha value is -3.19. The van der Waals surface area contributed by atoms with Gasteiger partial charge in [0.05, 0.1) is 27.1 Å². The van der Waals surface area contributed by atoms with E-state index >= 15 is 0 Å². The fourth-order valence-electron chi connectivity index (χ4n) is 6.47. The first-order valence-corrected chi connectivity index (χ1v) is 15.6. The summed E-state index contributed by atoms with van der Waals surface area (Å²) >= 11 is 0. The zero-order valence-electron chi connectivity index (χ0n) is 27.9. The number of alkyl carbamates (subject to hydrolysis) is 1. The van der Waals surface area contributed by atoms with Crippen LogP contribution in [0.4, 0.5) is 4.79 Å². The molecule has 2 aliphatic carbocycles. The number of halogens is 1. The Kier molecular flexibility index (Phi) is 12.6. The molecule has 5 rings (SSSR count). The SMILES string of the molecule is COC1=C(CCCNC(=O)OC(C)(C)C)Cc2c(ccc(C)c2OC)C1.COc1c(C)ccc2c1CC1CCCN=C1C2.Cl. The summed E-state index contributed by atoms with van der Waals surface area (Å²) in [7, 11) is 5.24. The lowest BCUT2D eigenvalue weighted by molar-refractivity contribution is 0.0527. The smallest absolute Gasteiger partial charge is 0.407 e. The van der Waals surface area contributed by atoms with Gasteiger partial charge in [-0.25, -0.2) is 4.79 Å². The summed E-state index contributed by atoms with van der Waals surface area (Å²) in [6.45, 7) is 11.4. The summed E-state index contributed by atoms with van der Waals surface area (Å²) in [5, 5.41) is 2.81. The fourth-order valence-corrected chi connectivity index (χ4v) is 6.47. The molecule has 0 radical (unpaired) electrons. The van der Waals surface area contributed by atoms with Gasteiger partial charge in [0.2, 0.25) is 0 Å². The second kappa shape index (κ2) is 15.7. The summed E-state index contributed by atoms with van der Waals surface area (Å²) in [4.78, 5) is 16.4. The molecule has 0 fully saturated rings. The lowest BCUT2D eigenvalue weighted by atomic mass is 9.78. The van der Waals surface area contributed by atoms with Crippen molar-refractivity contribution in [1.29, 1.82) is 0 Å². The number of hydrogen-bond donors (Lipinski definition) is 1. The largest absolute Gasteiger partial charge is 0.501 e. The molecule has 8 heteroatoms. The number of nitrogens with zero attached hydrogens (tertiary/aromatic N) is 1. The molecule has 1 atom stereocenters. The molecule has 0 aromatic heterocycles. The average molecular weight is 627 g/mol. The van der Waals surface area contributed by atoms with Crippen molar-refractivity contribution in [2.45, 2.75) is 91.6 Å². The monoisotopic (exact) mass is 626 g/mol. The van der Waals surface area contributed by atoms with Gasteiger partial charge in [0.25, 0.3) is 0 Å². The van der Waals surface area contributed by atoms with E-state index in [2.05, 4.69) is 43.4 Å². The van der Waals surface area contributed by atoms with Gasteiger partial charge in [-0.2, -0.15) is 0 Å². The molecule has 1 heterocycles. The van der Waals surface area contributed by atoms with Gasteiger partial charge < -0.3 is 24.3 Å². The minimum absolute atomic E-state index is 0. The van der Waals surface area contributed by atoms with Crippen LogP contribution >= 0.6 is 12.4 Å². The van der Waals surface area contributed by atoms with Crippen LogP contribution in [0.2, 0.25) is 0 Å². The minimum atomic E-state index is -0.475. The maximum Gasteiger partial charge on any atom is 0.407 e. The van der Waals surface area contributed by atoms with Crippen molar-refractivity contribution in [2.24, 2.45) is 10.9 Å². The molecule has 0 bridgehead atoms. The maximum atomic E-state index is 11.7. The van der Waals surface area contributed by atoms with Crippen LogP contribution in [0.5, 0.6) is 11.5 Å². The third-order valence-corrected chi connectivity index (χ3v) is 8.54. The Morgan fingerprint density at radius 2 is 1.55 bits per heavy atom. The van der Waals surface area contributed by atoms with Crippen molar-refractivity contribution in [3.8, 4) is 11.5 Å². The van der Waals surface area contributed by atoms with Gasteiger partial charge in [0, 0.05) is 49.5 Å². The van der Waals surface area contributed by atoms with Gasteiger partial charge in [0.1, 0.15) is 17.1 Å². The Bertz CT molecular complexity index is 1380. The van der Waals surface area contributed by atoms with E-state index in [1.165, 1.54) is 51.9 Å². The van der Waals surface area contributed by atoms with E-state index in [1.807, 2.05) is 20.8 Å². The maximum absolute atomic E-state index is 11.7. The second-order valence-electron chi connectivity index (χ2n) is 12.8. The van der Waals surface area contributed by atoms with Crippen LogP contribution in [-0.2, 0) is 35.2 Å². The standard InChI is InChI=1S/C21H31NO4.C15H19NO.ClH/c1-14-9-10-15-13-18(24-5)16(12-17(15)19(14)25-6)8-7-11-22-20(23)26-21(2,3)4;1-10-5-6-11-9-14-12(4-3-7-16-14)8-13(11)15(10)17-2;/h9-10H,7-8,11-13H2,1-6H3,(H,22,23);5-6,12H,3-4,7-9H2,1-2H3;1H. The van der Waals surface area contributed by atoms with E-state index < -0.39 is 5.60 Å². The molecule has 1 N–H and O–H groups in total. The molecule has 0 saturated carbocycles. The van der Waals surface area contributed by atoms with Crippen LogP contribution in [0.1, 0.15) is 79.8 Å². The number of nitrogens with one attached hydrogen (secondary N) is 1. The highest BCUT2D eigenvalue weighted by Crippen LogP contribution is 2.37. The predicted octanol–water partition coefficient (Wildman–Crippen LogP) is 7.68. The van der Waals surface area contributed by atoms with Crippen LogP contribution in [0.3, 0.4) is 0 Å². The molecule has 44 heavy (non-hydrogen) atoms. The number of benzene rings is 2. The average Bonchev–Trinajstić information content (AvgIpc) is 2.97. The van der Waals surface area contributed by atoms with Crippen molar-refractivity contribution in [3.05, 3.63) is 69.0 Å². The van der Waals surface area contributed by atoms with Gasteiger partial charge in [-0.15, -0.1) is 12.4 Å². The minimum Gasteiger partial charge on any atom is -0.501 e. The van der Waals surface area contributed by atoms with Crippen LogP contribution in [-0.4, -0.2) is 51.8 Å². The van der Waals surface area contributed by atoms with Gasteiger partial charge in [-0.3, -0.25) is 4.99 Å². The van der Waals surface area contributed by atoms with Crippen molar-refractivity contribution in [3.63, 3.8) is 0 Å². The number of ether oxygens (including phenoxy) is 4. The molecule has 1 amide bonds. The first-order valence-electron chi connectivity index (χ1n) is 15.6. The number of amides is 1. The van der Waals surface area contributed by atoms with Crippen LogP contribution in [0, 0.1) is 19.8 Å². The molecule has 3 aliphatic rings. The van der Waals surface area contributed by atoms with Crippen molar-refractivity contribution in [2.75, 3.05) is 34.4 Å². The number of carbonyl (C=O) groups excluding carboxylic acids is 1. The van der Waals surface area contributed by atoms with Crippen LogP contribution < -0.4 is 14.8 Å². The van der Waals surface area contributed by atoms with Gasteiger partial charge in [0.15, 0.2) is 0 Å². The summed E-state index contributed by atoms with van der Waals surface area (Å²) in [5.41, 5.74) is 9.99. The van der Waals surface area contributed by atoms with Crippen molar-refractivity contribution >= 4 is 24.2 Å². The van der Waals surface area contributed by atoms with Gasteiger partial charge in [-0.1, -0.05) is 24.3 Å². The Morgan fingerprint density at radius 1 is 0.909 bits per heavy atom. The first-order chi connectivity index (χ1) is 20.5. The molecule has 2 aromatic rings. The van der Waals surface area contributed by atoms with E-state index in [4.69, 9.17) is 23.9 Å². The lowest BCUT2D eigenvalue weighted by Crippen LogP contribution is -2.33. The molecule has 0 saturated heterocycles. The first kappa shape index (κ1) is 35.3. The lowest BCUT2D eigenvalue weighted by Gasteiger charge is -2.31. The Balaban J connectivity index is 0.000000253. The number of fused-ring (bicyclic) bond motifs is 3. The summed E-state index contributed by atoms with van der Waals surface area (Å²) < 4.78 is 22.1. The highest BCUT2D eigenvalue weighted by atomic mass is 35.5. The third-order valence-electron chi connectivity index (χ3n) is 8.54. The van der Waals surface area contributed by atoms with Crippen molar-refractivity contribution < 1.29 is 23.7 Å². The molecule has 2 aromatic carbocycles. The van der Waals surface area contributed by atoms with E-state index in [1.54, 1.807) is 21.3 Å². The molecule has 7 nitrogen and oxygen atoms in total. The number of allylic oxidation sites excluding steroid dienone is 2. The second-order valence-corrected chi connectivity index (χ2v) is 12.8.